The minimum absolute atomic E-state index is 0.274. The van der Waals surface area contributed by atoms with Crippen LogP contribution in [0, 0.1) is 6.92 Å². The van der Waals surface area contributed by atoms with E-state index < -0.39 is 6.09 Å². The predicted octanol–water partition coefficient (Wildman–Crippen LogP) is 1.53. The van der Waals surface area contributed by atoms with Crippen molar-refractivity contribution in [3.63, 3.8) is 0 Å². The van der Waals surface area contributed by atoms with Gasteiger partial charge in [-0.1, -0.05) is 0 Å². The van der Waals surface area contributed by atoms with Crippen molar-refractivity contribution in [3.8, 4) is 0 Å². The topological polar surface area (TPSA) is 91.5 Å². The molecule has 1 aromatic rings. The van der Waals surface area contributed by atoms with E-state index in [1.807, 2.05) is 19.1 Å². The minimum atomic E-state index is -0.838. The van der Waals surface area contributed by atoms with E-state index >= 15 is 0 Å². The zero-order valence-electron chi connectivity index (χ0n) is 10.4. The van der Waals surface area contributed by atoms with Crippen molar-refractivity contribution in [2.24, 2.45) is 0 Å². The smallest absolute Gasteiger partial charge is 0.407 e. The third-order valence-corrected chi connectivity index (χ3v) is 3.24. The molecule has 98 valence electrons. The number of likely N-dealkylation sites (tertiary alicyclic amines) is 1. The molecule has 4 N–H and O–H groups in total. The number of hydrogen-bond donors (Lipinski definition) is 3. The fraction of sp³-hybridized carbons (Fsp3) is 0.500. The Hall–Kier alpha value is -1.98. The normalized spacial score (nSPS) is 16.6. The molecule has 1 fully saturated rings. The second kappa shape index (κ2) is 5.12. The lowest BCUT2D eigenvalue weighted by atomic mass is 10.1. The van der Waals surface area contributed by atoms with Gasteiger partial charge < -0.3 is 21.1 Å². The van der Waals surface area contributed by atoms with Gasteiger partial charge in [-0.15, -0.1) is 0 Å². The number of aryl methyl sites for hydroxylation is 1. The molecule has 0 unspecified atom stereocenters. The van der Waals surface area contributed by atoms with Crippen LogP contribution in [-0.2, 0) is 0 Å². The molecule has 1 aliphatic rings. The van der Waals surface area contributed by atoms with Gasteiger partial charge in [0.15, 0.2) is 0 Å². The van der Waals surface area contributed by atoms with Crippen LogP contribution in [0.15, 0.2) is 12.1 Å². The number of amides is 1. The maximum Gasteiger partial charge on any atom is 0.407 e. The second-order valence-electron chi connectivity index (χ2n) is 4.56. The highest BCUT2D eigenvalue weighted by Crippen LogP contribution is 2.17. The number of anilines is 2. The molecule has 1 aliphatic heterocycles. The van der Waals surface area contributed by atoms with Crippen molar-refractivity contribution in [3.05, 3.63) is 17.8 Å². The molecule has 0 spiro atoms. The van der Waals surface area contributed by atoms with E-state index in [1.165, 1.54) is 4.90 Å². The molecule has 2 heterocycles. The molecule has 2 rings (SSSR count). The molecule has 0 aromatic carbocycles. The van der Waals surface area contributed by atoms with E-state index in [-0.39, 0.29) is 6.04 Å². The molecule has 1 saturated heterocycles. The predicted molar refractivity (Wildman–Crippen MR) is 69.6 cm³/mol. The van der Waals surface area contributed by atoms with Crippen LogP contribution in [0.4, 0.5) is 16.3 Å². The first kappa shape index (κ1) is 12.5. The van der Waals surface area contributed by atoms with Gasteiger partial charge in [-0.2, -0.15) is 0 Å². The number of piperidine rings is 1. The first-order valence-corrected chi connectivity index (χ1v) is 6.04. The molecule has 0 radical (unpaired) electrons. The largest absolute Gasteiger partial charge is 0.465 e. The number of aromatic nitrogens is 1. The minimum Gasteiger partial charge on any atom is -0.465 e. The number of pyridine rings is 1. The third kappa shape index (κ3) is 2.82. The number of nitrogens with zero attached hydrogens (tertiary/aromatic N) is 2. The van der Waals surface area contributed by atoms with Gasteiger partial charge in [-0.05, 0) is 31.9 Å². The van der Waals surface area contributed by atoms with Crippen molar-refractivity contribution in [1.82, 2.24) is 9.88 Å². The van der Waals surface area contributed by atoms with Crippen LogP contribution in [0.3, 0.4) is 0 Å². The molecule has 1 amide bonds. The summed E-state index contributed by atoms with van der Waals surface area (Å²) in [6, 6.07) is 3.96. The Morgan fingerprint density at radius 1 is 1.50 bits per heavy atom. The van der Waals surface area contributed by atoms with E-state index in [0.29, 0.717) is 18.8 Å². The molecular formula is C12H18N4O2. The van der Waals surface area contributed by atoms with E-state index in [2.05, 4.69) is 10.3 Å². The summed E-state index contributed by atoms with van der Waals surface area (Å²) in [5.41, 5.74) is 7.20. The van der Waals surface area contributed by atoms with Crippen LogP contribution >= 0.6 is 0 Å². The number of carbonyl (C=O) groups is 1. The van der Waals surface area contributed by atoms with Crippen LogP contribution in [-0.4, -0.2) is 40.2 Å². The highest BCUT2D eigenvalue weighted by molar-refractivity contribution is 5.65. The fourth-order valence-corrected chi connectivity index (χ4v) is 2.08. The summed E-state index contributed by atoms with van der Waals surface area (Å²) in [4.78, 5) is 16.6. The summed E-state index contributed by atoms with van der Waals surface area (Å²) in [6.45, 7) is 3.01. The molecule has 0 aliphatic carbocycles. The van der Waals surface area contributed by atoms with Gasteiger partial charge in [0.2, 0.25) is 0 Å². The van der Waals surface area contributed by atoms with E-state index in [0.717, 1.165) is 24.4 Å². The molecule has 0 bridgehead atoms. The third-order valence-electron chi connectivity index (χ3n) is 3.24. The first-order chi connectivity index (χ1) is 8.56. The van der Waals surface area contributed by atoms with Gasteiger partial charge in [0.1, 0.15) is 5.82 Å². The summed E-state index contributed by atoms with van der Waals surface area (Å²) in [5, 5.41) is 12.2. The molecule has 1 aromatic heterocycles. The average molecular weight is 250 g/mol. The summed E-state index contributed by atoms with van der Waals surface area (Å²) >= 11 is 0. The van der Waals surface area contributed by atoms with Gasteiger partial charge >= 0.3 is 6.09 Å². The summed E-state index contributed by atoms with van der Waals surface area (Å²) in [7, 11) is 0. The van der Waals surface area contributed by atoms with Crippen molar-refractivity contribution in [2.45, 2.75) is 25.8 Å². The monoisotopic (exact) mass is 250 g/mol. The molecule has 18 heavy (non-hydrogen) atoms. The van der Waals surface area contributed by atoms with E-state index in [9.17, 15) is 4.79 Å². The molecule has 0 saturated carbocycles. The van der Waals surface area contributed by atoms with Gasteiger partial charge in [0.25, 0.3) is 0 Å². The Labute approximate surface area is 106 Å². The molecule has 6 nitrogen and oxygen atoms in total. The number of nitrogens with two attached hydrogens (primary N) is 1. The second-order valence-corrected chi connectivity index (χ2v) is 4.56. The summed E-state index contributed by atoms with van der Waals surface area (Å²) < 4.78 is 0. The zero-order chi connectivity index (χ0) is 13.1. The maximum absolute atomic E-state index is 10.8. The quantitative estimate of drug-likeness (QED) is 0.740. The van der Waals surface area contributed by atoms with Crippen LogP contribution in [0.25, 0.3) is 0 Å². The lowest BCUT2D eigenvalue weighted by molar-refractivity contribution is 0.134. The van der Waals surface area contributed by atoms with Gasteiger partial charge in [0.05, 0.1) is 11.4 Å². The Bertz CT molecular complexity index is 442. The van der Waals surface area contributed by atoms with Crippen LogP contribution in [0.2, 0.25) is 0 Å². The SMILES string of the molecule is Cc1nc(NC2CCN(C(=O)O)CC2)ccc1N. The lowest BCUT2D eigenvalue weighted by Gasteiger charge is -2.30. The summed E-state index contributed by atoms with van der Waals surface area (Å²) in [6.07, 6.45) is 0.768. The number of carboxylic acid groups (broad SMARTS) is 1. The average Bonchev–Trinajstić information content (AvgIpc) is 2.34. The van der Waals surface area contributed by atoms with E-state index in [1.54, 1.807) is 0 Å². The van der Waals surface area contributed by atoms with Crippen LogP contribution < -0.4 is 11.1 Å². The highest BCUT2D eigenvalue weighted by atomic mass is 16.4. The lowest BCUT2D eigenvalue weighted by Crippen LogP contribution is -2.41. The van der Waals surface area contributed by atoms with Gasteiger partial charge in [0, 0.05) is 19.1 Å². The zero-order valence-corrected chi connectivity index (χ0v) is 10.4. The molecular weight excluding hydrogens is 232 g/mol. The van der Waals surface area contributed by atoms with Crippen molar-refractivity contribution < 1.29 is 9.90 Å². The Morgan fingerprint density at radius 3 is 2.72 bits per heavy atom. The maximum atomic E-state index is 10.8. The Balaban J connectivity index is 1.91. The fourth-order valence-electron chi connectivity index (χ4n) is 2.08. The van der Waals surface area contributed by atoms with Crippen molar-refractivity contribution >= 4 is 17.6 Å². The Morgan fingerprint density at radius 2 is 2.17 bits per heavy atom. The first-order valence-electron chi connectivity index (χ1n) is 6.04. The number of rotatable bonds is 2. The van der Waals surface area contributed by atoms with E-state index in [4.69, 9.17) is 10.8 Å². The molecule has 6 heteroatoms. The number of nitrogens with one attached hydrogen (secondary N) is 1. The van der Waals surface area contributed by atoms with Gasteiger partial charge in [-0.3, -0.25) is 0 Å². The van der Waals surface area contributed by atoms with Crippen LogP contribution in [0.1, 0.15) is 18.5 Å². The standard InChI is InChI=1S/C12H18N4O2/c1-8-10(13)2-3-11(14-8)15-9-4-6-16(7-5-9)12(17)18/h2-3,9H,4-7,13H2,1H3,(H,14,15)(H,17,18). The number of nitrogen functional groups attached to an aromatic ring is 1. The summed E-state index contributed by atoms with van der Waals surface area (Å²) in [5.74, 6) is 0.801. The molecule has 0 atom stereocenters. The highest BCUT2D eigenvalue weighted by Gasteiger charge is 2.22. The van der Waals surface area contributed by atoms with Crippen molar-refractivity contribution in [1.29, 1.82) is 0 Å². The van der Waals surface area contributed by atoms with Crippen LogP contribution in [0.5, 0.6) is 0 Å². The Kier molecular flexibility index (Phi) is 3.55. The van der Waals surface area contributed by atoms with Gasteiger partial charge in [-0.25, -0.2) is 9.78 Å². The number of hydrogen-bond acceptors (Lipinski definition) is 4. The van der Waals surface area contributed by atoms with Crippen molar-refractivity contribution in [2.75, 3.05) is 24.1 Å².